The van der Waals surface area contributed by atoms with Crippen molar-refractivity contribution in [1.29, 1.82) is 0 Å². The average Bonchev–Trinajstić information content (AvgIpc) is 3.07. The minimum atomic E-state index is -0.219. The van der Waals surface area contributed by atoms with E-state index in [2.05, 4.69) is 4.90 Å². The van der Waals surface area contributed by atoms with E-state index in [9.17, 15) is 9.59 Å². The Morgan fingerprint density at radius 3 is 2.70 bits per heavy atom. The van der Waals surface area contributed by atoms with Crippen LogP contribution in [0.4, 0.5) is 0 Å². The fourth-order valence-electron chi connectivity index (χ4n) is 3.46. The van der Waals surface area contributed by atoms with Crippen molar-refractivity contribution in [2.45, 2.75) is 32.9 Å². The molecule has 23 heavy (non-hydrogen) atoms. The average molecular weight is 319 g/mol. The van der Waals surface area contributed by atoms with Gasteiger partial charge in [0.25, 0.3) is 0 Å². The zero-order chi connectivity index (χ0) is 16.6. The van der Waals surface area contributed by atoms with E-state index in [1.165, 1.54) is 0 Å². The minimum Gasteiger partial charge on any atom is -0.467 e. The number of rotatable bonds is 5. The molecule has 6 heteroatoms. The lowest BCUT2D eigenvalue weighted by molar-refractivity contribution is -0.136. The number of likely N-dealkylation sites (tertiary alicyclic amines) is 2. The van der Waals surface area contributed by atoms with E-state index < -0.39 is 0 Å². The third-order valence-electron chi connectivity index (χ3n) is 4.99. The number of carbonyl (C=O) groups excluding carboxylic acids is 2. The smallest absolute Gasteiger partial charge is 0.228 e. The maximum atomic E-state index is 12.8. The number of amides is 2. The van der Waals surface area contributed by atoms with Gasteiger partial charge < -0.3 is 19.1 Å². The van der Waals surface area contributed by atoms with Crippen LogP contribution in [0.3, 0.4) is 0 Å². The van der Waals surface area contributed by atoms with Crippen LogP contribution >= 0.6 is 0 Å². The van der Waals surface area contributed by atoms with E-state index in [0.717, 1.165) is 24.4 Å². The van der Waals surface area contributed by atoms with Crippen LogP contribution in [0.2, 0.25) is 0 Å². The lowest BCUT2D eigenvalue weighted by Gasteiger charge is -2.42. The van der Waals surface area contributed by atoms with Crippen molar-refractivity contribution < 1.29 is 14.0 Å². The van der Waals surface area contributed by atoms with Crippen molar-refractivity contribution in [1.82, 2.24) is 14.7 Å². The summed E-state index contributed by atoms with van der Waals surface area (Å²) >= 11 is 0. The summed E-state index contributed by atoms with van der Waals surface area (Å²) in [6.45, 7) is 7.42. The molecule has 3 heterocycles. The molecule has 1 aromatic rings. The van der Waals surface area contributed by atoms with Gasteiger partial charge in [-0.25, -0.2) is 0 Å². The van der Waals surface area contributed by atoms with E-state index >= 15 is 0 Å². The van der Waals surface area contributed by atoms with Crippen molar-refractivity contribution in [3.05, 3.63) is 23.7 Å². The molecule has 1 aromatic heterocycles. The summed E-state index contributed by atoms with van der Waals surface area (Å²) in [5.41, 5.74) is 1.05. The molecular formula is C17H25N3O3. The first kappa shape index (κ1) is 16.1. The molecule has 0 bridgehead atoms. The molecule has 0 N–H and O–H groups in total. The molecule has 0 spiro atoms. The summed E-state index contributed by atoms with van der Waals surface area (Å²) < 4.78 is 5.45. The van der Waals surface area contributed by atoms with E-state index in [1.807, 2.05) is 31.9 Å². The molecule has 1 unspecified atom stereocenters. The minimum absolute atomic E-state index is 0.0619. The maximum Gasteiger partial charge on any atom is 0.228 e. The predicted molar refractivity (Wildman–Crippen MR) is 85.6 cm³/mol. The second-order valence-electron chi connectivity index (χ2n) is 6.70. The molecule has 3 rings (SSSR count). The van der Waals surface area contributed by atoms with Crippen molar-refractivity contribution in [3.63, 3.8) is 0 Å². The Morgan fingerprint density at radius 2 is 2.13 bits per heavy atom. The third kappa shape index (κ3) is 3.13. The summed E-state index contributed by atoms with van der Waals surface area (Å²) in [6.07, 6.45) is 1.99. The van der Waals surface area contributed by atoms with Crippen LogP contribution in [0.5, 0.6) is 0 Å². The summed E-state index contributed by atoms with van der Waals surface area (Å²) in [6, 6.07) is 2.19. The Hall–Kier alpha value is -1.82. The highest BCUT2D eigenvalue weighted by molar-refractivity contribution is 5.89. The molecule has 6 nitrogen and oxygen atoms in total. The molecule has 0 saturated carbocycles. The van der Waals surface area contributed by atoms with E-state index in [0.29, 0.717) is 26.1 Å². The summed E-state index contributed by atoms with van der Waals surface area (Å²) in [5, 5.41) is 0. The highest BCUT2D eigenvalue weighted by atomic mass is 16.3. The zero-order valence-electron chi connectivity index (χ0n) is 14.1. The van der Waals surface area contributed by atoms with Crippen molar-refractivity contribution in [2.75, 3.05) is 33.2 Å². The Balaban J connectivity index is 1.62. The van der Waals surface area contributed by atoms with Gasteiger partial charge in [-0.05, 0) is 32.5 Å². The van der Waals surface area contributed by atoms with E-state index in [-0.39, 0.29) is 23.8 Å². The van der Waals surface area contributed by atoms with Crippen LogP contribution in [0.25, 0.3) is 0 Å². The molecule has 2 amide bonds. The second kappa shape index (κ2) is 6.35. The van der Waals surface area contributed by atoms with Crippen molar-refractivity contribution in [3.8, 4) is 0 Å². The standard InChI is InChI=1S/C17H25N3O3/c1-4-19(11-15-12(2)5-6-23-15)17(22)13-7-16(21)20(8-13)14-9-18(3)10-14/h5-6,13-14H,4,7-11H2,1-3H3. The van der Waals surface area contributed by atoms with Gasteiger partial charge in [0, 0.05) is 32.6 Å². The topological polar surface area (TPSA) is 57.0 Å². The summed E-state index contributed by atoms with van der Waals surface area (Å²) in [5.74, 6) is 0.782. The van der Waals surface area contributed by atoms with Gasteiger partial charge in [-0.3, -0.25) is 9.59 Å². The van der Waals surface area contributed by atoms with Crippen LogP contribution < -0.4 is 0 Å². The molecule has 2 saturated heterocycles. The first-order valence-electron chi connectivity index (χ1n) is 8.29. The lowest BCUT2D eigenvalue weighted by Crippen LogP contribution is -2.58. The molecule has 1 atom stereocenters. The Morgan fingerprint density at radius 1 is 1.39 bits per heavy atom. The first-order valence-corrected chi connectivity index (χ1v) is 8.29. The quantitative estimate of drug-likeness (QED) is 0.815. The van der Waals surface area contributed by atoms with Crippen LogP contribution in [-0.2, 0) is 16.1 Å². The SMILES string of the molecule is CCN(Cc1occc1C)C(=O)C1CC(=O)N(C2CN(C)C2)C1. The molecule has 2 aliphatic rings. The van der Waals surface area contributed by atoms with Crippen molar-refractivity contribution in [2.24, 2.45) is 5.92 Å². The first-order chi connectivity index (χ1) is 11.0. The van der Waals surface area contributed by atoms with Crippen LogP contribution in [0.1, 0.15) is 24.7 Å². The third-order valence-corrected chi connectivity index (χ3v) is 4.99. The molecular weight excluding hydrogens is 294 g/mol. The normalized spacial score (nSPS) is 22.5. The number of furan rings is 1. The molecule has 2 aliphatic heterocycles. The van der Waals surface area contributed by atoms with Gasteiger partial charge in [0.2, 0.25) is 11.8 Å². The number of hydrogen-bond donors (Lipinski definition) is 0. The number of nitrogens with zero attached hydrogens (tertiary/aromatic N) is 3. The fraction of sp³-hybridized carbons (Fsp3) is 0.647. The largest absolute Gasteiger partial charge is 0.467 e. The highest BCUT2D eigenvalue weighted by Gasteiger charge is 2.42. The Labute approximate surface area is 137 Å². The molecule has 2 fully saturated rings. The van der Waals surface area contributed by atoms with Gasteiger partial charge in [-0.15, -0.1) is 0 Å². The maximum absolute atomic E-state index is 12.8. The molecule has 0 aromatic carbocycles. The molecule has 0 aliphatic carbocycles. The zero-order valence-corrected chi connectivity index (χ0v) is 14.1. The highest BCUT2D eigenvalue weighted by Crippen LogP contribution is 2.26. The lowest BCUT2D eigenvalue weighted by atomic mass is 10.1. The number of aryl methyl sites for hydroxylation is 1. The Kier molecular flexibility index (Phi) is 4.43. The predicted octanol–water partition coefficient (Wildman–Crippen LogP) is 1.10. The van der Waals surface area contributed by atoms with Gasteiger partial charge in [0.05, 0.1) is 24.8 Å². The van der Waals surface area contributed by atoms with Crippen LogP contribution in [0.15, 0.2) is 16.7 Å². The number of likely N-dealkylation sites (N-methyl/N-ethyl adjacent to an activating group) is 1. The molecule has 0 radical (unpaired) electrons. The van der Waals surface area contributed by atoms with Crippen molar-refractivity contribution >= 4 is 11.8 Å². The summed E-state index contributed by atoms with van der Waals surface area (Å²) in [7, 11) is 2.05. The van der Waals surface area contributed by atoms with Gasteiger partial charge in [0.1, 0.15) is 5.76 Å². The van der Waals surface area contributed by atoms with Crippen LogP contribution in [0, 0.1) is 12.8 Å². The van der Waals surface area contributed by atoms with E-state index in [4.69, 9.17) is 4.42 Å². The van der Waals surface area contributed by atoms with Crippen LogP contribution in [-0.4, -0.2) is 65.8 Å². The number of carbonyl (C=O) groups is 2. The van der Waals surface area contributed by atoms with Gasteiger partial charge in [0.15, 0.2) is 0 Å². The van der Waals surface area contributed by atoms with Gasteiger partial charge >= 0.3 is 0 Å². The summed E-state index contributed by atoms with van der Waals surface area (Å²) in [4.78, 5) is 30.9. The Bertz CT molecular complexity index is 592. The monoisotopic (exact) mass is 319 g/mol. The molecule has 126 valence electrons. The van der Waals surface area contributed by atoms with Gasteiger partial charge in [-0.2, -0.15) is 0 Å². The second-order valence-corrected chi connectivity index (χ2v) is 6.70. The number of hydrogen-bond acceptors (Lipinski definition) is 4. The van der Waals surface area contributed by atoms with E-state index in [1.54, 1.807) is 11.2 Å². The fourth-order valence-corrected chi connectivity index (χ4v) is 3.46. The van der Waals surface area contributed by atoms with Gasteiger partial charge in [-0.1, -0.05) is 0 Å².